The zero-order chi connectivity index (χ0) is 17.9. The summed E-state index contributed by atoms with van der Waals surface area (Å²) in [4.78, 5) is 2.23. The molecule has 128 valence electrons. The van der Waals surface area contributed by atoms with Crippen LogP contribution < -0.4 is 9.21 Å². The molecule has 3 aromatic carbocycles. The largest absolute Gasteiger partial charge is 0.378 e. The van der Waals surface area contributed by atoms with E-state index in [0.717, 1.165) is 5.69 Å². The Hall–Kier alpha value is -2.79. The Kier molecular flexibility index (Phi) is 4.76. The van der Waals surface area contributed by atoms with E-state index in [1.165, 1.54) is 4.31 Å². The number of para-hydroxylation sites is 1. The molecule has 0 aromatic heterocycles. The first kappa shape index (κ1) is 17.0. The lowest BCUT2D eigenvalue weighted by atomic mass is 10.2. The molecule has 0 fully saturated rings. The van der Waals surface area contributed by atoms with Crippen molar-refractivity contribution in [2.75, 3.05) is 23.3 Å². The molecule has 0 N–H and O–H groups in total. The van der Waals surface area contributed by atoms with Crippen molar-refractivity contribution in [1.29, 1.82) is 0 Å². The van der Waals surface area contributed by atoms with Crippen LogP contribution in [-0.4, -0.2) is 22.5 Å². The lowest BCUT2D eigenvalue weighted by Gasteiger charge is -2.25. The maximum Gasteiger partial charge on any atom is 0.268 e. The Morgan fingerprint density at radius 1 is 0.600 bits per heavy atom. The zero-order valence-corrected chi connectivity index (χ0v) is 15.0. The summed E-state index contributed by atoms with van der Waals surface area (Å²) in [5, 5.41) is 0. The molecule has 0 heterocycles. The molecule has 0 aliphatic rings. The lowest BCUT2D eigenvalue weighted by Crippen LogP contribution is -2.26. The second kappa shape index (κ2) is 6.99. The number of hydrogen-bond acceptors (Lipinski definition) is 3. The summed E-state index contributed by atoms with van der Waals surface area (Å²) in [5.74, 6) is 0. The molecular formula is C20H20N2O2S. The summed E-state index contributed by atoms with van der Waals surface area (Å²) < 4.78 is 27.9. The van der Waals surface area contributed by atoms with E-state index in [2.05, 4.69) is 0 Å². The van der Waals surface area contributed by atoms with Crippen molar-refractivity contribution in [2.45, 2.75) is 4.90 Å². The third kappa shape index (κ3) is 3.51. The van der Waals surface area contributed by atoms with Crippen LogP contribution in [-0.2, 0) is 10.0 Å². The number of hydrogen-bond donors (Lipinski definition) is 0. The molecule has 5 heteroatoms. The number of sulfonamides is 1. The Balaban J connectivity index is 2.14. The van der Waals surface area contributed by atoms with E-state index in [9.17, 15) is 8.42 Å². The predicted octanol–water partition coefficient (Wildman–Crippen LogP) is 4.28. The van der Waals surface area contributed by atoms with Gasteiger partial charge in [0.05, 0.1) is 16.3 Å². The maximum atomic E-state index is 13.3. The van der Waals surface area contributed by atoms with Crippen molar-refractivity contribution < 1.29 is 8.42 Å². The summed E-state index contributed by atoms with van der Waals surface area (Å²) in [6.45, 7) is 0. The van der Waals surface area contributed by atoms with Gasteiger partial charge >= 0.3 is 0 Å². The quantitative estimate of drug-likeness (QED) is 0.688. The molecule has 0 aliphatic heterocycles. The van der Waals surface area contributed by atoms with Gasteiger partial charge in [0.25, 0.3) is 10.0 Å². The molecule has 0 atom stereocenters. The molecule has 0 spiro atoms. The van der Waals surface area contributed by atoms with E-state index < -0.39 is 10.0 Å². The fourth-order valence-electron chi connectivity index (χ4n) is 2.57. The Bertz CT molecular complexity index is 922. The molecule has 3 rings (SSSR count). The minimum Gasteiger partial charge on any atom is -0.378 e. The highest BCUT2D eigenvalue weighted by atomic mass is 32.2. The first-order valence-corrected chi connectivity index (χ1v) is 9.37. The van der Waals surface area contributed by atoms with Crippen LogP contribution in [0.1, 0.15) is 0 Å². The summed E-state index contributed by atoms with van der Waals surface area (Å²) in [6.07, 6.45) is 0. The molecule has 4 nitrogen and oxygen atoms in total. The number of benzene rings is 3. The Morgan fingerprint density at radius 3 is 1.56 bits per heavy atom. The van der Waals surface area contributed by atoms with Crippen LogP contribution in [0.4, 0.5) is 17.1 Å². The molecule has 0 saturated heterocycles. The van der Waals surface area contributed by atoms with Crippen molar-refractivity contribution >= 4 is 27.1 Å². The fourth-order valence-corrected chi connectivity index (χ4v) is 4.08. The molecule has 0 unspecified atom stereocenters. The minimum absolute atomic E-state index is 0.260. The smallest absolute Gasteiger partial charge is 0.268 e. The van der Waals surface area contributed by atoms with Gasteiger partial charge in [-0.1, -0.05) is 36.4 Å². The highest BCUT2D eigenvalue weighted by Crippen LogP contribution is 2.33. The van der Waals surface area contributed by atoms with Gasteiger partial charge in [0.2, 0.25) is 0 Å². The van der Waals surface area contributed by atoms with E-state index in [-0.39, 0.29) is 4.90 Å². The Morgan fingerprint density at radius 2 is 1.04 bits per heavy atom. The lowest BCUT2D eigenvalue weighted by molar-refractivity contribution is 0.596. The van der Waals surface area contributed by atoms with E-state index in [4.69, 9.17) is 0 Å². The Labute approximate surface area is 149 Å². The van der Waals surface area contributed by atoms with Crippen LogP contribution in [0.15, 0.2) is 89.8 Å². The van der Waals surface area contributed by atoms with Crippen molar-refractivity contribution in [3.05, 3.63) is 84.9 Å². The maximum absolute atomic E-state index is 13.3. The molecule has 0 amide bonds. The highest BCUT2D eigenvalue weighted by Gasteiger charge is 2.26. The minimum atomic E-state index is -3.72. The zero-order valence-electron chi connectivity index (χ0n) is 14.2. The van der Waals surface area contributed by atoms with Gasteiger partial charge in [-0.15, -0.1) is 0 Å². The van der Waals surface area contributed by atoms with E-state index in [1.54, 1.807) is 42.5 Å². The predicted molar refractivity (Wildman–Crippen MR) is 103 cm³/mol. The van der Waals surface area contributed by atoms with Crippen molar-refractivity contribution in [1.82, 2.24) is 0 Å². The van der Waals surface area contributed by atoms with Crippen LogP contribution >= 0.6 is 0 Å². The third-order valence-corrected chi connectivity index (χ3v) is 5.64. The van der Waals surface area contributed by atoms with Crippen LogP contribution in [0.25, 0.3) is 0 Å². The second-order valence-electron chi connectivity index (χ2n) is 5.83. The third-order valence-electron chi connectivity index (χ3n) is 3.87. The highest BCUT2D eigenvalue weighted by molar-refractivity contribution is 7.93. The summed E-state index contributed by atoms with van der Waals surface area (Å²) >= 11 is 0. The summed E-state index contributed by atoms with van der Waals surface area (Å²) in [7, 11) is 0.178. The average molecular weight is 352 g/mol. The van der Waals surface area contributed by atoms with Crippen LogP contribution in [0.3, 0.4) is 0 Å². The summed E-state index contributed by atoms with van der Waals surface area (Å²) in [6, 6.07) is 25.1. The van der Waals surface area contributed by atoms with Gasteiger partial charge in [0.15, 0.2) is 0 Å². The van der Waals surface area contributed by atoms with Gasteiger partial charge < -0.3 is 4.90 Å². The van der Waals surface area contributed by atoms with Crippen LogP contribution in [0.5, 0.6) is 0 Å². The standard InChI is InChI=1S/C20H20N2O2S/c1-21(2)17-13-15-19(16-14-17)22(18-9-5-3-6-10-18)25(23,24)20-11-7-4-8-12-20/h3-16H,1-2H3. The van der Waals surface area contributed by atoms with Crippen molar-refractivity contribution in [3.8, 4) is 0 Å². The van der Waals surface area contributed by atoms with Gasteiger partial charge in [0, 0.05) is 19.8 Å². The number of nitrogens with zero attached hydrogens (tertiary/aromatic N) is 2. The normalized spacial score (nSPS) is 11.1. The average Bonchev–Trinajstić information content (AvgIpc) is 2.64. The molecule has 0 aliphatic carbocycles. The van der Waals surface area contributed by atoms with E-state index in [0.29, 0.717) is 11.4 Å². The first-order valence-electron chi connectivity index (χ1n) is 7.93. The van der Waals surface area contributed by atoms with Crippen LogP contribution in [0, 0.1) is 0 Å². The number of rotatable bonds is 5. The van der Waals surface area contributed by atoms with Gasteiger partial charge in [-0.3, -0.25) is 0 Å². The molecule has 0 radical (unpaired) electrons. The van der Waals surface area contributed by atoms with Crippen molar-refractivity contribution in [3.63, 3.8) is 0 Å². The van der Waals surface area contributed by atoms with E-state index >= 15 is 0 Å². The van der Waals surface area contributed by atoms with E-state index in [1.807, 2.05) is 61.5 Å². The topological polar surface area (TPSA) is 40.6 Å². The molecule has 0 saturated carbocycles. The first-order chi connectivity index (χ1) is 12.0. The molecule has 3 aromatic rings. The second-order valence-corrected chi connectivity index (χ2v) is 7.62. The van der Waals surface area contributed by atoms with Crippen molar-refractivity contribution in [2.24, 2.45) is 0 Å². The van der Waals surface area contributed by atoms with Gasteiger partial charge in [-0.2, -0.15) is 0 Å². The number of anilines is 3. The molecule has 0 bridgehead atoms. The fraction of sp³-hybridized carbons (Fsp3) is 0.100. The SMILES string of the molecule is CN(C)c1ccc(N(c2ccccc2)S(=O)(=O)c2ccccc2)cc1. The monoisotopic (exact) mass is 352 g/mol. The van der Waals surface area contributed by atoms with Gasteiger partial charge in [0.1, 0.15) is 0 Å². The van der Waals surface area contributed by atoms with Crippen LogP contribution in [0.2, 0.25) is 0 Å². The molecule has 25 heavy (non-hydrogen) atoms. The van der Waals surface area contributed by atoms with Gasteiger partial charge in [-0.25, -0.2) is 12.7 Å². The molecular weight excluding hydrogens is 332 g/mol. The van der Waals surface area contributed by atoms with Gasteiger partial charge in [-0.05, 0) is 48.5 Å². The summed E-state index contributed by atoms with van der Waals surface area (Å²) in [5.41, 5.74) is 2.21.